The molecule has 0 N–H and O–H groups in total. The topological polar surface area (TPSA) is 6.48 Å². The predicted molar refractivity (Wildman–Crippen MR) is 176 cm³/mol. The van der Waals surface area contributed by atoms with Gasteiger partial charge in [0.05, 0.1) is 0 Å². The maximum atomic E-state index is 2.38. The van der Waals surface area contributed by atoms with Crippen molar-refractivity contribution < 1.29 is 0 Å². The SMILES string of the molecule is CN(C)c1ccc2c(-c3cccc4ccccc34)c3cc(N(C)C)ccc3c(-c3cccc4ccccc34)c2c1. The molecular weight excluding hydrogens is 484 g/mol. The molecule has 40 heavy (non-hydrogen) atoms. The van der Waals surface area contributed by atoms with Crippen LogP contribution in [0.15, 0.2) is 121 Å². The van der Waals surface area contributed by atoms with Crippen LogP contribution in [0.3, 0.4) is 0 Å². The van der Waals surface area contributed by atoms with Crippen molar-refractivity contribution >= 4 is 54.5 Å². The molecule has 0 unspecified atom stereocenters. The number of hydrogen-bond donors (Lipinski definition) is 0. The summed E-state index contributed by atoms with van der Waals surface area (Å²) in [6.45, 7) is 0. The Hall–Kier alpha value is -4.82. The fourth-order valence-electron chi connectivity index (χ4n) is 6.23. The highest BCUT2D eigenvalue weighted by atomic mass is 15.1. The van der Waals surface area contributed by atoms with Gasteiger partial charge in [0, 0.05) is 39.6 Å². The average molecular weight is 517 g/mol. The van der Waals surface area contributed by atoms with Gasteiger partial charge in [-0.25, -0.2) is 0 Å². The highest BCUT2D eigenvalue weighted by molar-refractivity contribution is 6.26. The van der Waals surface area contributed by atoms with E-state index in [-0.39, 0.29) is 0 Å². The van der Waals surface area contributed by atoms with Gasteiger partial charge in [0.2, 0.25) is 0 Å². The quantitative estimate of drug-likeness (QED) is 0.215. The lowest BCUT2D eigenvalue weighted by molar-refractivity contribution is 1.13. The van der Waals surface area contributed by atoms with E-state index in [1.165, 1.54) is 76.7 Å². The number of nitrogens with zero attached hydrogens (tertiary/aromatic N) is 2. The third-order valence-electron chi connectivity index (χ3n) is 8.23. The molecule has 0 saturated carbocycles. The van der Waals surface area contributed by atoms with Crippen molar-refractivity contribution in [1.82, 2.24) is 0 Å². The summed E-state index contributed by atoms with van der Waals surface area (Å²) in [4.78, 5) is 4.40. The van der Waals surface area contributed by atoms with Gasteiger partial charge in [-0.1, -0.05) is 97.1 Å². The normalized spacial score (nSPS) is 11.5. The second-order valence-electron chi connectivity index (χ2n) is 11.1. The summed E-state index contributed by atoms with van der Waals surface area (Å²) < 4.78 is 0. The van der Waals surface area contributed by atoms with Crippen LogP contribution >= 0.6 is 0 Å². The van der Waals surface area contributed by atoms with Gasteiger partial charge < -0.3 is 9.80 Å². The molecule has 0 amide bonds. The lowest BCUT2D eigenvalue weighted by Gasteiger charge is -2.23. The van der Waals surface area contributed by atoms with Gasteiger partial charge in [0.25, 0.3) is 0 Å². The van der Waals surface area contributed by atoms with Crippen LogP contribution < -0.4 is 9.80 Å². The van der Waals surface area contributed by atoms with Gasteiger partial charge in [0.15, 0.2) is 0 Å². The van der Waals surface area contributed by atoms with E-state index in [1.807, 2.05) is 0 Å². The lowest BCUT2D eigenvalue weighted by atomic mass is 9.83. The summed E-state index contributed by atoms with van der Waals surface area (Å²) in [6.07, 6.45) is 0. The predicted octanol–water partition coefficient (Wildman–Crippen LogP) is 9.77. The van der Waals surface area contributed by atoms with Gasteiger partial charge in [-0.3, -0.25) is 0 Å². The Balaban J connectivity index is 1.74. The van der Waals surface area contributed by atoms with E-state index < -0.39 is 0 Å². The van der Waals surface area contributed by atoms with Crippen LogP contribution in [0.25, 0.3) is 65.3 Å². The molecule has 7 aromatic carbocycles. The van der Waals surface area contributed by atoms with Gasteiger partial charge in [-0.2, -0.15) is 0 Å². The Kier molecular flexibility index (Phi) is 5.71. The number of anilines is 2. The van der Waals surface area contributed by atoms with E-state index in [4.69, 9.17) is 0 Å². The molecule has 0 aliphatic rings. The monoisotopic (exact) mass is 516 g/mol. The van der Waals surface area contributed by atoms with Gasteiger partial charge in [-0.05, 0) is 89.6 Å². The van der Waals surface area contributed by atoms with Crippen LogP contribution in [0.1, 0.15) is 0 Å². The molecule has 194 valence electrons. The largest absolute Gasteiger partial charge is 0.378 e. The second kappa shape index (κ2) is 9.43. The number of benzene rings is 7. The fraction of sp³-hybridized carbons (Fsp3) is 0.105. The molecule has 0 aliphatic carbocycles. The van der Waals surface area contributed by atoms with Crippen molar-refractivity contribution in [2.45, 2.75) is 0 Å². The zero-order valence-corrected chi connectivity index (χ0v) is 23.4. The van der Waals surface area contributed by atoms with Gasteiger partial charge >= 0.3 is 0 Å². The number of hydrogen-bond acceptors (Lipinski definition) is 2. The summed E-state index contributed by atoms with van der Waals surface area (Å²) in [5, 5.41) is 10.2. The maximum absolute atomic E-state index is 2.38. The van der Waals surface area contributed by atoms with E-state index >= 15 is 0 Å². The summed E-state index contributed by atoms with van der Waals surface area (Å²) in [6, 6.07) is 44.8. The van der Waals surface area contributed by atoms with E-state index in [2.05, 4.69) is 159 Å². The highest BCUT2D eigenvalue weighted by Crippen LogP contribution is 2.48. The van der Waals surface area contributed by atoms with Crippen molar-refractivity contribution in [3.8, 4) is 22.3 Å². The Morgan fingerprint density at radius 3 is 1.18 bits per heavy atom. The molecule has 0 radical (unpaired) electrons. The van der Waals surface area contributed by atoms with E-state index in [9.17, 15) is 0 Å². The number of rotatable bonds is 4. The van der Waals surface area contributed by atoms with E-state index in [0.717, 1.165) is 0 Å². The zero-order chi connectivity index (χ0) is 27.4. The Labute approximate surface area is 235 Å². The third kappa shape index (κ3) is 3.79. The van der Waals surface area contributed by atoms with Crippen LogP contribution in [0.5, 0.6) is 0 Å². The molecule has 0 aromatic heterocycles. The van der Waals surface area contributed by atoms with Crippen LogP contribution in [0, 0.1) is 0 Å². The second-order valence-corrected chi connectivity index (χ2v) is 11.1. The minimum Gasteiger partial charge on any atom is -0.378 e. The molecule has 0 atom stereocenters. The zero-order valence-electron chi connectivity index (χ0n) is 23.4. The minimum absolute atomic E-state index is 1.20. The molecule has 0 aliphatic heterocycles. The van der Waals surface area contributed by atoms with Crippen LogP contribution in [-0.4, -0.2) is 28.2 Å². The van der Waals surface area contributed by atoms with E-state index in [0.29, 0.717) is 0 Å². The van der Waals surface area contributed by atoms with Gasteiger partial charge in [0.1, 0.15) is 0 Å². The van der Waals surface area contributed by atoms with Crippen molar-refractivity contribution in [1.29, 1.82) is 0 Å². The standard InChI is InChI=1S/C38H32N2/c1-39(2)27-19-21-33-35(23-27)37(31-17-9-13-25-11-5-7-15-29(25)31)34-22-20-28(40(3)4)24-36(34)38(33)32-18-10-14-26-12-6-8-16-30(26)32/h5-24H,1-4H3. The smallest absolute Gasteiger partial charge is 0.0367 e. The van der Waals surface area contributed by atoms with Gasteiger partial charge in [-0.15, -0.1) is 0 Å². The first-order valence-electron chi connectivity index (χ1n) is 13.9. The average Bonchev–Trinajstić information content (AvgIpc) is 2.99. The lowest BCUT2D eigenvalue weighted by Crippen LogP contribution is -2.09. The molecule has 0 heterocycles. The Bertz CT molecular complexity index is 1910. The van der Waals surface area contributed by atoms with Crippen LogP contribution in [-0.2, 0) is 0 Å². The number of fused-ring (bicyclic) bond motifs is 4. The molecule has 0 bridgehead atoms. The molecule has 0 fully saturated rings. The minimum atomic E-state index is 1.20. The summed E-state index contributed by atoms with van der Waals surface area (Å²) in [7, 11) is 8.48. The highest BCUT2D eigenvalue weighted by Gasteiger charge is 2.20. The Morgan fingerprint density at radius 2 is 0.750 bits per heavy atom. The molecular formula is C38H32N2. The van der Waals surface area contributed by atoms with Crippen molar-refractivity contribution in [3.63, 3.8) is 0 Å². The molecule has 7 rings (SSSR count). The van der Waals surface area contributed by atoms with Crippen molar-refractivity contribution in [3.05, 3.63) is 121 Å². The molecule has 0 spiro atoms. The van der Waals surface area contributed by atoms with Crippen LogP contribution in [0.4, 0.5) is 11.4 Å². The summed E-state index contributed by atoms with van der Waals surface area (Å²) in [5.41, 5.74) is 7.51. The first-order chi connectivity index (χ1) is 19.5. The third-order valence-corrected chi connectivity index (χ3v) is 8.23. The van der Waals surface area contributed by atoms with Crippen molar-refractivity contribution in [2.24, 2.45) is 0 Å². The summed E-state index contributed by atoms with van der Waals surface area (Å²) >= 11 is 0. The first-order valence-corrected chi connectivity index (χ1v) is 13.9. The fourth-order valence-corrected chi connectivity index (χ4v) is 6.23. The van der Waals surface area contributed by atoms with Crippen molar-refractivity contribution in [2.75, 3.05) is 38.0 Å². The molecule has 2 nitrogen and oxygen atoms in total. The van der Waals surface area contributed by atoms with Crippen LogP contribution in [0.2, 0.25) is 0 Å². The maximum Gasteiger partial charge on any atom is 0.0367 e. The van der Waals surface area contributed by atoms with E-state index in [1.54, 1.807) is 0 Å². The first kappa shape index (κ1) is 24.2. The summed E-state index contributed by atoms with van der Waals surface area (Å²) in [5.74, 6) is 0. The Morgan fingerprint density at radius 1 is 0.350 bits per heavy atom. The molecule has 0 saturated heterocycles. The molecule has 7 aromatic rings. The molecule has 2 heteroatoms.